The van der Waals surface area contributed by atoms with Crippen molar-refractivity contribution in [3.05, 3.63) is 29.3 Å². The molecule has 30 heavy (non-hydrogen) atoms. The second-order valence-corrected chi connectivity index (χ2v) is 7.79. The fourth-order valence-electron chi connectivity index (χ4n) is 4.41. The molecular formula is C18H21F6N5O. The number of rotatable bonds is 2. The lowest BCUT2D eigenvalue weighted by Crippen LogP contribution is -2.69. The fraction of sp³-hybridized carbons (Fsp3) is 0.667. The first kappa shape index (κ1) is 21.3. The van der Waals surface area contributed by atoms with Gasteiger partial charge < -0.3 is 9.64 Å². The summed E-state index contributed by atoms with van der Waals surface area (Å²) in [6.45, 7) is 2.95. The van der Waals surface area contributed by atoms with Crippen molar-refractivity contribution in [3.63, 3.8) is 0 Å². The predicted molar refractivity (Wildman–Crippen MR) is 94.8 cm³/mol. The largest absolute Gasteiger partial charge is 0.416 e. The summed E-state index contributed by atoms with van der Waals surface area (Å²) in [7, 11) is 1.90. The van der Waals surface area contributed by atoms with E-state index in [1.807, 2.05) is 16.8 Å². The van der Waals surface area contributed by atoms with Gasteiger partial charge in [-0.1, -0.05) is 5.22 Å². The van der Waals surface area contributed by atoms with Gasteiger partial charge in [0.1, 0.15) is 11.7 Å². The molecule has 3 aliphatic heterocycles. The molecule has 0 aliphatic carbocycles. The lowest BCUT2D eigenvalue weighted by Gasteiger charge is -2.52. The van der Waals surface area contributed by atoms with Gasteiger partial charge >= 0.3 is 12.4 Å². The van der Waals surface area contributed by atoms with E-state index in [0.717, 1.165) is 12.1 Å². The van der Waals surface area contributed by atoms with Gasteiger partial charge in [-0.25, -0.2) is 5.01 Å². The number of ether oxygens (including phenoxy) is 1. The van der Waals surface area contributed by atoms with Crippen molar-refractivity contribution in [2.45, 2.75) is 30.5 Å². The first-order valence-electron chi connectivity index (χ1n) is 9.53. The number of hydrogen-bond donors (Lipinski definition) is 0. The number of likely N-dealkylation sites (tertiary alicyclic amines) is 1. The van der Waals surface area contributed by atoms with E-state index in [-0.39, 0.29) is 11.8 Å². The molecule has 3 aliphatic rings. The molecule has 0 unspecified atom stereocenters. The summed E-state index contributed by atoms with van der Waals surface area (Å²) in [6, 6.07) is 1.16. The average Bonchev–Trinajstić information content (AvgIpc) is 3.06. The molecule has 0 radical (unpaired) electrons. The van der Waals surface area contributed by atoms with Crippen molar-refractivity contribution >= 4 is 5.69 Å². The van der Waals surface area contributed by atoms with E-state index >= 15 is 0 Å². The van der Waals surface area contributed by atoms with Crippen molar-refractivity contribution in [1.29, 1.82) is 0 Å². The van der Waals surface area contributed by atoms with E-state index in [4.69, 9.17) is 4.74 Å². The van der Waals surface area contributed by atoms with Crippen LogP contribution in [0.5, 0.6) is 0 Å². The number of fused-ring (bicyclic) bond motifs is 1. The number of alkyl halides is 6. The molecule has 2 fully saturated rings. The number of likely N-dealkylation sites (N-methyl/N-ethyl adjacent to an activating group) is 1. The second kappa shape index (κ2) is 7.34. The topological polar surface area (TPSA) is 43.7 Å². The van der Waals surface area contributed by atoms with E-state index in [0.29, 0.717) is 45.8 Å². The van der Waals surface area contributed by atoms with Crippen molar-refractivity contribution in [1.82, 2.24) is 9.80 Å². The van der Waals surface area contributed by atoms with Gasteiger partial charge in [-0.3, -0.25) is 4.90 Å². The zero-order valence-corrected chi connectivity index (χ0v) is 16.2. The van der Waals surface area contributed by atoms with E-state index in [9.17, 15) is 26.3 Å². The molecule has 0 amide bonds. The van der Waals surface area contributed by atoms with Gasteiger partial charge in [-0.05, 0) is 25.2 Å². The van der Waals surface area contributed by atoms with Gasteiger partial charge in [-0.15, -0.1) is 0 Å². The van der Waals surface area contributed by atoms with E-state index < -0.39 is 35.2 Å². The van der Waals surface area contributed by atoms with Crippen LogP contribution in [0, 0.1) is 0 Å². The number of piperidine rings is 1. The molecule has 12 heteroatoms. The summed E-state index contributed by atoms with van der Waals surface area (Å²) in [4.78, 5) is 4.06. The minimum atomic E-state index is -4.93. The van der Waals surface area contributed by atoms with Crippen molar-refractivity contribution < 1.29 is 31.1 Å². The molecule has 3 heterocycles. The minimum Gasteiger partial charge on any atom is -0.379 e. The zero-order chi connectivity index (χ0) is 21.7. The van der Waals surface area contributed by atoms with Crippen LogP contribution in [0.2, 0.25) is 0 Å². The Morgan fingerprint density at radius 1 is 0.967 bits per heavy atom. The lowest BCUT2D eigenvalue weighted by atomic mass is 9.88. The maximum Gasteiger partial charge on any atom is 0.416 e. The normalized spacial score (nSPS) is 28.8. The Hall–Kier alpha value is -1.92. The molecule has 1 aromatic rings. The number of hydrogen-bond acceptors (Lipinski definition) is 6. The molecule has 1 aromatic carbocycles. The highest BCUT2D eigenvalue weighted by molar-refractivity contribution is 5.55. The molecule has 6 nitrogen and oxygen atoms in total. The maximum atomic E-state index is 13.4. The summed E-state index contributed by atoms with van der Waals surface area (Å²) in [5, 5.41) is 9.62. The Morgan fingerprint density at radius 2 is 1.57 bits per heavy atom. The molecule has 0 aromatic heterocycles. The maximum absolute atomic E-state index is 13.4. The van der Waals surface area contributed by atoms with Crippen LogP contribution in [0.1, 0.15) is 17.5 Å². The Bertz CT molecular complexity index is 790. The number of benzene rings is 1. The monoisotopic (exact) mass is 437 g/mol. The molecule has 0 bridgehead atoms. The van der Waals surface area contributed by atoms with Gasteiger partial charge in [0.25, 0.3) is 0 Å². The third-order valence-electron chi connectivity index (χ3n) is 5.90. The molecule has 4 rings (SSSR count). The molecule has 0 N–H and O–H groups in total. The van der Waals surface area contributed by atoms with E-state index in [1.165, 1.54) is 5.01 Å². The Labute approximate surface area is 169 Å². The number of nitrogens with zero attached hydrogens (tertiary/aromatic N) is 5. The van der Waals surface area contributed by atoms with Crippen LogP contribution in [0.3, 0.4) is 0 Å². The van der Waals surface area contributed by atoms with Crippen LogP contribution in [0.25, 0.3) is 0 Å². The van der Waals surface area contributed by atoms with Crippen molar-refractivity contribution in [2.75, 3.05) is 51.4 Å². The van der Waals surface area contributed by atoms with E-state index in [2.05, 4.69) is 10.3 Å². The molecule has 0 saturated carbocycles. The predicted octanol–water partition coefficient (Wildman–Crippen LogP) is 3.64. The van der Waals surface area contributed by atoms with Gasteiger partial charge in [0, 0.05) is 32.6 Å². The Morgan fingerprint density at radius 3 is 2.13 bits per heavy atom. The summed E-state index contributed by atoms with van der Waals surface area (Å²) in [6.07, 6.45) is -9.38. The minimum absolute atomic E-state index is 0.129. The van der Waals surface area contributed by atoms with Gasteiger partial charge in [0.05, 0.1) is 30.0 Å². The van der Waals surface area contributed by atoms with Gasteiger partial charge in [0.15, 0.2) is 0 Å². The van der Waals surface area contributed by atoms with Crippen LogP contribution >= 0.6 is 0 Å². The zero-order valence-electron chi connectivity index (χ0n) is 16.2. The highest BCUT2D eigenvalue weighted by Gasteiger charge is 2.56. The Balaban J connectivity index is 1.82. The highest BCUT2D eigenvalue weighted by atomic mass is 19.4. The van der Waals surface area contributed by atoms with Crippen LogP contribution in [0.15, 0.2) is 28.5 Å². The second-order valence-electron chi connectivity index (χ2n) is 7.79. The van der Waals surface area contributed by atoms with Gasteiger partial charge in [0.2, 0.25) is 0 Å². The first-order valence-corrected chi connectivity index (χ1v) is 9.53. The third-order valence-corrected chi connectivity index (χ3v) is 5.90. The molecule has 166 valence electrons. The van der Waals surface area contributed by atoms with Crippen molar-refractivity contribution in [2.24, 2.45) is 10.3 Å². The fourth-order valence-corrected chi connectivity index (χ4v) is 4.41. The summed E-state index contributed by atoms with van der Waals surface area (Å²) < 4.78 is 85.7. The first-order chi connectivity index (χ1) is 14.0. The third kappa shape index (κ3) is 3.65. The van der Waals surface area contributed by atoms with Crippen molar-refractivity contribution in [3.8, 4) is 0 Å². The van der Waals surface area contributed by atoms with Crippen LogP contribution in [0.4, 0.5) is 32.0 Å². The summed E-state index contributed by atoms with van der Waals surface area (Å²) >= 11 is 0. The number of halogens is 6. The summed E-state index contributed by atoms with van der Waals surface area (Å²) in [5.41, 5.74) is -3.92. The molecule has 0 spiro atoms. The molecule has 2 saturated heterocycles. The SMILES string of the molecule is CN1CC[C@@]2(N3CCOCC3)[C@H](C1)N=NN2c1cc(C(F)(F)F)cc(C(F)(F)F)c1. The van der Waals surface area contributed by atoms with Crippen LogP contribution in [-0.4, -0.2) is 67.9 Å². The molecule has 2 atom stereocenters. The standard InChI is InChI=1S/C18H21F6N5O/c1-27-3-2-16(28-4-6-30-7-5-28)15(11-27)25-26-29(16)14-9-12(17(19,20)21)8-13(10-14)18(22,23)24/h8-10,15H,2-7,11H2,1H3/t15-,16-/m0/s1. The van der Waals surface area contributed by atoms with Gasteiger partial charge in [-0.2, -0.15) is 31.5 Å². The van der Waals surface area contributed by atoms with Crippen LogP contribution < -0.4 is 5.01 Å². The lowest BCUT2D eigenvalue weighted by molar-refractivity contribution is -0.143. The van der Waals surface area contributed by atoms with Crippen LogP contribution in [-0.2, 0) is 17.1 Å². The Kier molecular flexibility index (Phi) is 5.22. The number of morpholine rings is 1. The number of anilines is 1. The molecular weight excluding hydrogens is 416 g/mol. The average molecular weight is 437 g/mol. The van der Waals surface area contributed by atoms with E-state index in [1.54, 1.807) is 0 Å². The quantitative estimate of drug-likeness (QED) is 0.663. The summed E-state index contributed by atoms with van der Waals surface area (Å²) in [5.74, 6) is 0. The highest BCUT2D eigenvalue weighted by Crippen LogP contribution is 2.45. The smallest absolute Gasteiger partial charge is 0.379 e.